The van der Waals surface area contributed by atoms with Crippen LogP contribution < -0.4 is 10.6 Å². The van der Waals surface area contributed by atoms with Crippen LogP contribution in [-0.4, -0.2) is 21.0 Å². The maximum atomic E-state index is 12.2. The van der Waals surface area contributed by atoms with Crippen molar-refractivity contribution in [1.29, 1.82) is 0 Å². The number of nitrogens with one attached hydrogen (secondary N) is 2. The van der Waals surface area contributed by atoms with Crippen molar-refractivity contribution in [3.63, 3.8) is 0 Å². The number of hydrogen-bond acceptors (Lipinski definition) is 6. The molecule has 0 spiro atoms. The Balaban J connectivity index is 1.64. The van der Waals surface area contributed by atoms with Gasteiger partial charge >= 0.3 is 0 Å². The SMILES string of the molecule is Cc1cc(NC(=O)c2ccnc(NCc3ccc(Cl)cc3)n2)no1. The van der Waals surface area contributed by atoms with Gasteiger partial charge in [-0.1, -0.05) is 28.9 Å². The molecule has 0 aliphatic carbocycles. The highest BCUT2D eigenvalue weighted by Crippen LogP contribution is 2.12. The van der Waals surface area contributed by atoms with E-state index in [1.165, 1.54) is 12.3 Å². The fourth-order valence-electron chi connectivity index (χ4n) is 1.96. The van der Waals surface area contributed by atoms with E-state index in [1.54, 1.807) is 13.0 Å². The number of amides is 1. The molecule has 0 aliphatic heterocycles. The molecule has 0 atom stereocenters. The monoisotopic (exact) mass is 343 g/mol. The minimum absolute atomic E-state index is 0.226. The first kappa shape index (κ1) is 15.9. The number of aryl methyl sites for hydroxylation is 1. The van der Waals surface area contributed by atoms with Gasteiger partial charge in [0.15, 0.2) is 5.82 Å². The highest BCUT2D eigenvalue weighted by Gasteiger charge is 2.11. The Morgan fingerprint density at radius 2 is 2.04 bits per heavy atom. The predicted octanol–water partition coefficient (Wildman–Crippen LogP) is 3.29. The lowest BCUT2D eigenvalue weighted by atomic mass is 10.2. The number of aromatic nitrogens is 3. The van der Waals surface area contributed by atoms with Crippen LogP contribution in [0.1, 0.15) is 21.8 Å². The summed E-state index contributed by atoms with van der Waals surface area (Å²) in [6.45, 7) is 2.26. The van der Waals surface area contributed by atoms with E-state index >= 15 is 0 Å². The molecule has 0 aliphatic rings. The summed E-state index contributed by atoms with van der Waals surface area (Å²) >= 11 is 5.85. The van der Waals surface area contributed by atoms with Crippen LogP contribution in [0.15, 0.2) is 47.1 Å². The van der Waals surface area contributed by atoms with Crippen LogP contribution >= 0.6 is 11.6 Å². The molecule has 0 radical (unpaired) electrons. The van der Waals surface area contributed by atoms with Gasteiger partial charge in [0.2, 0.25) is 5.95 Å². The first-order chi connectivity index (χ1) is 11.6. The van der Waals surface area contributed by atoms with Gasteiger partial charge in [-0.15, -0.1) is 0 Å². The molecule has 3 rings (SSSR count). The summed E-state index contributed by atoms with van der Waals surface area (Å²) in [6.07, 6.45) is 1.51. The van der Waals surface area contributed by atoms with Crippen LogP contribution in [0, 0.1) is 6.92 Å². The van der Waals surface area contributed by atoms with Crippen LogP contribution in [0.4, 0.5) is 11.8 Å². The second-order valence-corrected chi connectivity index (χ2v) is 5.46. The van der Waals surface area contributed by atoms with E-state index < -0.39 is 0 Å². The fourth-order valence-corrected chi connectivity index (χ4v) is 2.09. The van der Waals surface area contributed by atoms with Crippen LogP contribution in [0.25, 0.3) is 0 Å². The van der Waals surface area contributed by atoms with Crippen LogP contribution in [-0.2, 0) is 6.54 Å². The lowest BCUT2D eigenvalue weighted by Gasteiger charge is -2.06. The van der Waals surface area contributed by atoms with Gasteiger partial charge in [0, 0.05) is 23.8 Å². The minimum Gasteiger partial charge on any atom is -0.360 e. The molecule has 0 bridgehead atoms. The summed E-state index contributed by atoms with van der Waals surface area (Å²) in [4.78, 5) is 20.5. The van der Waals surface area contributed by atoms with Gasteiger partial charge < -0.3 is 15.2 Å². The van der Waals surface area contributed by atoms with Crippen molar-refractivity contribution < 1.29 is 9.32 Å². The van der Waals surface area contributed by atoms with Crippen molar-refractivity contribution in [3.8, 4) is 0 Å². The molecule has 0 saturated heterocycles. The van der Waals surface area contributed by atoms with E-state index in [0.717, 1.165) is 5.56 Å². The molecular formula is C16H14ClN5O2. The Morgan fingerprint density at radius 3 is 2.75 bits per heavy atom. The summed E-state index contributed by atoms with van der Waals surface area (Å²) in [5, 5.41) is 10.1. The lowest BCUT2D eigenvalue weighted by molar-refractivity contribution is 0.102. The largest absolute Gasteiger partial charge is 0.360 e. The van der Waals surface area contributed by atoms with Gasteiger partial charge in [-0.3, -0.25) is 4.79 Å². The molecule has 0 fully saturated rings. The van der Waals surface area contributed by atoms with E-state index in [2.05, 4.69) is 25.8 Å². The van der Waals surface area contributed by atoms with Crippen molar-refractivity contribution in [2.75, 3.05) is 10.6 Å². The van der Waals surface area contributed by atoms with Crippen LogP contribution in [0.5, 0.6) is 0 Å². The van der Waals surface area contributed by atoms with Gasteiger partial charge in [0.25, 0.3) is 5.91 Å². The second kappa shape index (κ2) is 7.10. The molecule has 1 aromatic carbocycles. The first-order valence-corrected chi connectivity index (χ1v) is 7.54. The van der Waals surface area contributed by atoms with Crippen molar-refractivity contribution in [1.82, 2.24) is 15.1 Å². The van der Waals surface area contributed by atoms with E-state index in [1.807, 2.05) is 24.3 Å². The molecule has 2 N–H and O–H groups in total. The molecule has 24 heavy (non-hydrogen) atoms. The van der Waals surface area contributed by atoms with Gasteiger partial charge in [0.05, 0.1) is 0 Å². The maximum Gasteiger partial charge on any atom is 0.275 e. The van der Waals surface area contributed by atoms with E-state index in [0.29, 0.717) is 29.1 Å². The van der Waals surface area contributed by atoms with Crippen LogP contribution in [0.2, 0.25) is 5.02 Å². The summed E-state index contributed by atoms with van der Waals surface area (Å²) in [5.74, 6) is 0.916. The zero-order valence-electron chi connectivity index (χ0n) is 12.8. The Hall–Kier alpha value is -2.93. The third-order valence-electron chi connectivity index (χ3n) is 3.12. The third kappa shape index (κ3) is 4.08. The summed E-state index contributed by atoms with van der Waals surface area (Å²) < 4.78 is 4.90. The van der Waals surface area contributed by atoms with E-state index in [9.17, 15) is 4.79 Å². The zero-order chi connectivity index (χ0) is 16.9. The standard InChI is InChI=1S/C16H14ClN5O2/c1-10-8-14(22-24-10)21-15(23)13-6-7-18-16(20-13)19-9-11-2-4-12(17)5-3-11/h2-8H,9H2,1H3,(H,18,19,20)(H,21,22,23). The molecule has 0 unspecified atom stereocenters. The third-order valence-corrected chi connectivity index (χ3v) is 3.37. The number of carbonyl (C=O) groups is 1. The number of benzene rings is 1. The maximum absolute atomic E-state index is 12.2. The number of anilines is 2. The Morgan fingerprint density at radius 1 is 1.25 bits per heavy atom. The average Bonchev–Trinajstić information content (AvgIpc) is 2.99. The van der Waals surface area contributed by atoms with Gasteiger partial charge in [-0.2, -0.15) is 0 Å². The predicted molar refractivity (Wildman–Crippen MR) is 90.0 cm³/mol. The van der Waals surface area contributed by atoms with Crippen molar-refractivity contribution in [2.24, 2.45) is 0 Å². The number of rotatable bonds is 5. The molecule has 8 heteroatoms. The summed E-state index contributed by atoms with van der Waals surface area (Å²) in [7, 11) is 0. The molecule has 7 nitrogen and oxygen atoms in total. The average molecular weight is 344 g/mol. The fraction of sp³-hybridized carbons (Fsp3) is 0.125. The van der Waals surface area contributed by atoms with Crippen LogP contribution in [0.3, 0.4) is 0 Å². The van der Waals surface area contributed by atoms with Gasteiger partial charge in [-0.05, 0) is 30.7 Å². The molecule has 2 aromatic heterocycles. The Labute approximate surface area is 143 Å². The molecule has 1 amide bonds. The number of nitrogens with zero attached hydrogens (tertiary/aromatic N) is 3. The van der Waals surface area contributed by atoms with Crippen molar-refractivity contribution >= 4 is 29.3 Å². The van der Waals surface area contributed by atoms with Crippen molar-refractivity contribution in [3.05, 3.63) is 64.6 Å². The van der Waals surface area contributed by atoms with Gasteiger partial charge in [0.1, 0.15) is 11.5 Å². The quantitative estimate of drug-likeness (QED) is 0.738. The minimum atomic E-state index is -0.389. The second-order valence-electron chi connectivity index (χ2n) is 5.02. The Kier molecular flexibility index (Phi) is 4.72. The number of halogens is 1. The summed E-state index contributed by atoms with van der Waals surface area (Å²) in [6, 6.07) is 10.6. The lowest BCUT2D eigenvalue weighted by Crippen LogP contribution is -2.15. The topological polar surface area (TPSA) is 92.9 Å². The first-order valence-electron chi connectivity index (χ1n) is 7.16. The molecule has 2 heterocycles. The van der Waals surface area contributed by atoms with E-state index in [4.69, 9.17) is 16.1 Å². The number of hydrogen-bond donors (Lipinski definition) is 2. The smallest absolute Gasteiger partial charge is 0.275 e. The highest BCUT2D eigenvalue weighted by molar-refractivity contribution is 6.30. The summed E-state index contributed by atoms with van der Waals surface area (Å²) in [5.41, 5.74) is 1.25. The normalized spacial score (nSPS) is 10.4. The zero-order valence-corrected chi connectivity index (χ0v) is 13.5. The van der Waals surface area contributed by atoms with Gasteiger partial charge in [-0.25, -0.2) is 9.97 Å². The molecular weight excluding hydrogens is 330 g/mol. The molecule has 3 aromatic rings. The molecule has 122 valence electrons. The van der Waals surface area contributed by atoms with Crippen molar-refractivity contribution in [2.45, 2.75) is 13.5 Å². The number of carbonyl (C=O) groups excluding carboxylic acids is 1. The highest BCUT2D eigenvalue weighted by atomic mass is 35.5. The molecule has 0 saturated carbocycles. The van der Waals surface area contributed by atoms with E-state index in [-0.39, 0.29) is 11.6 Å². The Bertz CT molecular complexity index is 848.